The quantitative estimate of drug-likeness (QED) is 0.679. The van der Waals surface area contributed by atoms with Gasteiger partial charge in [-0.25, -0.2) is 0 Å². The first kappa shape index (κ1) is 19.2. The summed E-state index contributed by atoms with van der Waals surface area (Å²) in [5.41, 5.74) is 4.52. The number of furan rings is 1. The molecule has 6 nitrogen and oxygen atoms in total. The van der Waals surface area contributed by atoms with E-state index in [9.17, 15) is 9.59 Å². The molecule has 1 heterocycles. The number of hydrogen-bond donors (Lipinski definition) is 1. The largest absolute Gasteiger partial charge is 0.464 e. The van der Waals surface area contributed by atoms with Gasteiger partial charge in [-0.2, -0.15) is 5.26 Å². The molecule has 0 saturated heterocycles. The van der Waals surface area contributed by atoms with E-state index in [1.807, 2.05) is 32.0 Å². The lowest BCUT2D eigenvalue weighted by molar-refractivity contribution is -0.152. The Bertz CT molecular complexity index is 1090. The van der Waals surface area contributed by atoms with E-state index in [2.05, 4.69) is 5.32 Å². The van der Waals surface area contributed by atoms with Crippen LogP contribution in [0.1, 0.15) is 29.2 Å². The monoisotopic (exact) mass is 376 g/mol. The minimum atomic E-state index is -0.972. The topological polar surface area (TPSA) is 92.3 Å². The number of carbonyl (C=O) groups is 2. The normalized spacial score (nSPS) is 11.6. The van der Waals surface area contributed by atoms with Gasteiger partial charge in [-0.3, -0.25) is 9.59 Å². The average Bonchev–Trinajstić information content (AvgIpc) is 3.08. The molecule has 0 radical (unpaired) electrons. The predicted molar refractivity (Wildman–Crippen MR) is 105 cm³/mol. The van der Waals surface area contributed by atoms with Crippen molar-refractivity contribution < 1.29 is 18.7 Å². The first-order valence-electron chi connectivity index (χ1n) is 8.86. The first-order valence-corrected chi connectivity index (χ1v) is 8.86. The Balaban J connectivity index is 1.63. The van der Waals surface area contributed by atoms with Crippen LogP contribution in [0.3, 0.4) is 0 Å². The van der Waals surface area contributed by atoms with Crippen LogP contribution in [0.15, 0.2) is 47.1 Å². The number of anilines is 1. The molecule has 1 amide bonds. The number of ether oxygens (including phenoxy) is 1. The fourth-order valence-electron chi connectivity index (χ4n) is 2.88. The summed E-state index contributed by atoms with van der Waals surface area (Å²) in [6.07, 6.45) is 0.591. The highest BCUT2D eigenvalue weighted by Crippen LogP contribution is 2.27. The molecule has 1 atom stereocenters. The number of carbonyl (C=O) groups excluding carboxylic acids is 2. The Morgan fingerprint density at radius 2 is 2.04 bits per heavy atom. The molecule has 1 N–H and O–H groups in total. The lowest BCUT2D eigenvalue weighted by Gasteiger charge is -2.13. The number of esters is 1. The number of hydrogen-bond acceptors (Lipinski definition) is 5. The van der Waals surface area contributed by atoms with Crippen molar-refractivity contribution in [2.24, 2.45) is 0 Å². The minimum absolute atomic E-state index is 0.0110. The van der Waals surface area contributed by atoms with Crippen molar-refractivity contribution in [2.75, 3.05) is 5.32 Å². The van der Waals surface area contributed by atoms with E-state index in [1.54, 1.807) is 30.5 Å². The van der Waals surface area contributed by atoms with Crippen molar-refractivity contribution in [1.82, 2.24) is 0 Å². The zero-order valence-electron chi connectivity index (χ0n) is 15.9. The molecule has 0 aliphatic heterocycles. The van der Waals surface area contributed by atoms with Crippen molar-refractivity contribution in [3.8, 4) is 6.07 Å². The summed E-state index contributed by atoms with van der Waals surface area (Å²) in [4.78, 5) is 24.5. The predicted octanol–water partition coefficient (Wildman–Crippen LogP) is 4.03. The molecule has 28 heavy (non-hydrogen) atoms. The third kappa shape index (κ3) is 4.04. The van der Waals surface area contributed by atoms with Crippen LogP contribution in [0.25, 0.3) is 11.0 Å². The molecule has 0 saturated carbocycles. The van der Waals surface area contributed by atoms with Crippen molar-refractivity contribution >= 4 is 28.5 Å². The summed E-state index contributed by atoms with van der Waals surface area (Å²) in [5, 5.41) is 12.4. The second kappa shape index (κ2) is 7.97. The van der Waals surface area contributed by atoms with Crippen LogP contribution in [-0.4, -0.2) is 18.0 Å². The molecule has 3 aromatic rings. The van der Waals surface area contributed by atoms with Gasteiger partial charge in [-0.15, -0.1) is 0 Å². The number of nitrogens with zero attached hydrogens (tertiary/aromatic N) is 1. The number of rotatable bonds is 5. The SMILES string of the molecule is Cc1ccc2c(CC(=O)O[C@@H](C)C(=O)Nc3cccc(C#N)c3)coc2c1C. The van der Waals surface area contributed by atoms with Gasteiger partial charge in [0, 0.05) is 16.6 Å². The van der Waals surface area contributed by atoms with E-state index in [1.165, 1.54) is 6.92 Å². The summed E-state index contributed by atoms with van der Waals surface area (Å²) in [6.45, 7) is 5.47. The molecule has 0 aliphatic carbocycles. The van der Waals surface area contributed by atoms with Crippen LogP contribution in [-0.2, 0) is 20.7 Å². The number of fused-ring (bicyclic) bond motifs is 1. The van der Waals surface area contributed by atoms with Crippen molar-refractivity contribution in [2.45, 2.75) is 33.3 Å². The fourth-order valence-corrected chi connectivity index (χ4v) is 2.88. The van der Waals surface area contributed by atoms with Gasteiger partial charge in [-0.1, -0.05) is 18.2 Å². The fraction of sp³-hybridized carbons (Fsp3) is 0.227. The summed E-state index contributed by atoms with van der Waals surface area (Å²) in [5.74, 6) is -0.985. The van der Waals surface area contributed by atoms with Gasteiger partial charge >= 0.3 is 5.97 Å². The third-order valence-corrected chi connectivity index (χ3v) is 4.61. The first-order chi connectivity index (χ1) is 13.4. The van der Waals surface area contributed by atoms with Crippen LogP contribution < -0.4 is 5.32 Å². The van der Waals surface area contributed by atoms with Gasteiger partial charge in [0.2, 0.25) is 0 Å². The van der Waals surface area contributed by atoms with E-state index in [0.717, 1.165) is 27.7 Å². The highest BCUT2D eigenvalue weighted by Gasteiger charge is 2.20. The number of nitriles is 1. The average molecular weight is 376 g/mol. The van der Waals surface area contributed by atoms with Crippen molar-refractivity contribution in [3.05, 3.63) is 64.9 Å². The minimum Gasteiger partial charge on any atom is -0.464 e. The number of nitrogens with one attached hydrogen (secondary N) is 1. The van der Waals surface area contributed by atoms with Gasteiger partial charge in [-0.05, 0) is 50.1 Å². The van der Waals surface area contributed by atoms with Crippen LogP contribution in [0.4, 0.5) is 5.69 Å². The van der Waals surface area contributed by atoms with E-state index < -0.39 is 18.0 Å². The zero-order valence-corrected chi connectivity index (χ0v) is 15.9. The van der Waals surface area contributed by atoms with Crippen molar-refractivity contribution in [1.29, 1.82) is 5.26 Å². The standard InChI is InChI=1S/C22H20N2O4/c1-13-7-8-19-17(12-27-21(19)14(13)2)10-20(25)28-15(3)22(26)24-18-6-4-5-16(9-18)11-23/h4-9,12,15H,10H2,1-3H3,(H,24,26)/t15-/m0/s1. The highest BCUT2D eigenvalue weighted by molar-refractivity contribution is 5.95. The molecule has 142 valence electrons. The van der Waals surface area contributed by atoms with Crippen LogP contribution in [0, 0.1) is 25.2 Å². The summed E-state index contributed by atoms with van der Waals surface area (Å²) >= 11 is 0. The second-order valence-corrected chi connectivity index (χ2v) is 6.64. The van der Waals surface area contributed by atoms with E-state index in [-0.39, 0.29) is 6.42 Å². The van der Waals surface area contributed by atoms with Gasteiger partial charge < -0.3 is 14.5 Å². The third-order valence-electron chi connectivity index (χ3n) is 4.61. The van der Waals surface area contributed by atoms with Crippen LogP contribution >= 0.6 is 0 Å². The number of amides is 1. The molecule has 3 rings (SSSR count). The number of aryl methyl sites for hydroxylation is 2. The highest BCUT2D eigenvalue weighted by atomic mass is 16.5. The molecule has 0 unspecified atom stereocenters. The Hall–Kier alpha value is -3.59. The molecule has 2 aromatic carbocycles. The maximum Gasteiger partial charge on any atom is 0.311 e. The van der Waals surface area contributed by atoms with Crippen molar-refractivity contribution in [3.63, 3.8) is 0 Å². The molecule has 1 aromatic heterocycles. The van der Waals surface area contributed by atoms with Gasteiger partial charge in [0.25, 0.3) is 5.91 Å². The smallest absolute Gasteiger partial charge is 0.311 e. The lowest BCUT2D eigenvalue weighted by Crippen LogP contribution is -2.30. The molecule has 0 aliphatic rings. The van der Waals surface area contributed by atoms with E-state index in [4.69, 9.17) is 14.4 Å². The Morgan fingerprint density at radius 3 is 2.79 bits per heavy atom. The van der Waals surface area contributed by atoms with Gasteiger partial charge in [0.15, 0.2) is 6.10 Å². The molecular weight excluding hydrogens is 356 g/mol. The summed E-state index contributed by atoms with van der Waals surface area (Å²) in [6, 6.07) is 12.4. The lowest BCUT2D eigenvalue weighted by atomic mass is 10.0. The Morgan fingerprint density at radius 1 is 1.25 bits per heavy atom. The van der Waals surface area contributed by atoms with Crippen LogP contribution in [0.2, 0.25) is 0 Å². The summed E-state index contributed by atoms with van der Waals surface area (Å²) in [7, 11) is 0. The molecule has 0 spiro atoms. The molecule has 0 fully saturated rings. The maximum atomic E-state index is 12.3. The van der Waals surface area contributed by atoms with Gasteiger partial charge in [0.05, 0.1) is 24.3 Å². The van der Waals surface area contributed by atoms with E-state index in [0.29, 0.717) is 11.3 Å². The summed E-state index contributed by atoms with van der Waals surface area (Å²) < 4.78 is 10.9. The molecule has 6 heteroatoms. The maximum absolute atomic E-state index is 12.3. The van der Waals surface area contributed by atoms with Gasteiger partial charge in [0.1, 0.15) is 5.58 Å². The molecular formula is C22H20N2O4. The Labute approximate surface area is 162 Å². The second-order valence-electron chi connectivity index (χ2n) is 6.64. The van der Waals surface area contributed by atoms with Crippen LogP contribution in [0.5, 0.6) is 0 Å². The Kier molecular flexibility index (Phi) is 5.46. The van der Waals surface area contributed by atoms with E-state index >= 15 is 0 Å². The zero-order chi connectivity index (χ0) is 20.3. The molecule has 0 bridgehead atoms. The number of benzene rings is 2.